The van der Waals surface area contributed by atoms with Gasteiger partial charge in [-0.1, -0.05) is 0 Å². The van der Waals surface area contributed by atoms with Crippen LogP contribution in [0.4, 0.5) is 0 Å². The van der Waals surface area contributed by atoms with Crippen molar-refractivity contribution in [3.63, 3.8) is 0 Å². The minimum atomic E-state index is 0. The molecule has 0 N–H and O–H groups in total. The second-order valence-electron chi connectivity index (χ2n) is 0. The standard InChI is InChI=1S/Cd.Ga.In.O.Sn. The monoisotopic (exact) mass is 434 g/mol. The van der Waals surface area contributed by atoms with Crippen molar-refractivity contribution < 1.29 is 30.4 Å². The van der Waals surface area contributed by atoms with E-state index in [0.29, 0.717) is 22.5 Å². The first-order valence-corrected chi connectivity index (χ1v) is 1.37. The van der Waals surface area contributed by atoms with Crippen LogP contribution in [0.15, 0.2) is 0 Å². The van der Waals surface area contributed by atoms with Crippen LogP contribution < -0.4 is 0 Å². The SMILES string of the molecule is [Cd].[Ga].[In].[O]=[Sn]. The Morgan fingerprint density at radius 3 is 1.20 bits per heavy atom. The first-order valence-electron chi connectivity index (χ1n) is 0.204. The van der Waals surface area contributed by atoms with E-state index in [0.717, 1.165) is 0 Å². The Bertz CT molecular complexity index is 11.6. The predicted molar refractivity (Wildman–Crippen MR) is 17.9 cm³/mol. The van der Waals surface area contributed by atoms with Crippen LogP contribution in [0.2, 0.25) is 0 Å². The minimum absolute atomic E-state index is 0. The van der Waals surface area contributed by atoms with Crippen molar-refractivity contribution >= 4 is 68.1 Å². The van der Waals surface area contributed by atoms with E-state index < -0.39 is 0 Å². The Kier molecular flexibility index (Phi) is 136. The van der Waals surface area contributed by atoms with E-state index in [1.54, 1.807) is 0 Å². The van der Waals surface area contributed by atoms with Gasteiger partial charge >= 0.3 is 25.6 Å². The van der Waals surface area contributed by atoms with Crippen LogP contribution in [0.25, 0.3) is 0 Å². The van der Waals surface area contributed by atoms with Gasteiger partial charge in [0.1, 0.15) is 0 Å². The van der Waals surface area contributed by atoms with Crippen LogP contribution in [0.5, 0.6) is 0 Å². The number of hydrogen-bond acceptors (Lipinski definition) is 1. The average molecular weight is 432 g/mol. The van der Waals surface area contributed by atoms with Gasteiger partial charge in [-0.25, -0.2) is 0 Å². The number of hydrogen-bond donors (Lipinski definition) is 0. The molecule has 5 heteroatoms. The third-order valence-electron chi connectivity index (χ3n) is 0. The van der Waals surface area contributed by atoms with E-state index in [4.69, 9.17) is 3.08 Å². The fraction of sp³-hybridized carbons (Fsp3) is 0. The van der Waals surface area contributed by atoms with Gasteiger partial charge in [-0.05, 0) is 0 Å². The molecule has 1 nitrogen and oxygen atoms in total. The molecule has 0 rings (SSSR count). The summed E-state index contributed by atoms with van der Waals surface area (Å²) in [5, 5.41) is 0. The summed E-state index contributed by atoms with van der Waals surface area (Å²) in [5.74, 6) is 0. The first-order chi connectivity index (χ1) is 1.00. The van der Waals surface area contributed by atoms with Crippen molar-refractivity contribution in [1.29, 1.82) is 0 Å². The van der Waals surface area contributed by atoms with Gasteiger partial charge in [0.2, 0.25) is 0 Å². The Balaban J connectivity index is -0.00000000167. The summed E-state index contributed by atoms with van der Waals surface area (Å²) in [7, 11) is 0. The molecule has 0 aliphatic heterocycles. The Morgan fingerprint density at radius 1 is 1.20 bits per heavy atom. The van der Waals surface area contributed by atoms with Gasteiger partial charge in [-0.15, -0.1) is 0 Å². The Morgan fingerprint density at radius 2 is 1.20 bits per heavy atom. The van der Waals surface area contributed by atoms with E-state index in [9.17, 15) is 0 Å². The second kappa shape index (κ2) is 27.9. The molecule has 0 bridgehead atoms. The van der Waals surface area contributed by atoms with E-state index in [1.165, 1.54) is 0 Å². The molecule has 0 amide bonds. The molecular formula is CdGaInOSn. The van der Waals surface area contributed by atoms with E-state index in [-0.39, 0.29) is 72.9 Å². The van der Waals surface area contributed by atoms with Gasteiger partial charge in [0.05, 0.1) is 0 Å². The number of rotatable bonds is 0. The van der Waals surface area contributed by atoms with Crippen molar-refractivity contribution in [3.8, 4) is 0 Å². The topological polar surface area (TPSA) is 17.1 Å². The van der Waals surface area contributed by atoms with Gasteiger partial charge in [0.15, 0.2) is 0 Å². The first kappa shape index (κ1) is 24.4. The molecule has 0 heterocycles. The third kappa shape index (κ3) is 19.4. The quantitative estimate of drug-likeness (QED) is 0.438. The van der Waals surface area contributed by atoms with Crippen LogP contribution >= 0.6 is 0 Å². The fourth-order valence-electron chi connectivity index (χ4n) is 0. The molecule has 18 valence electrons. The maximum atomic E-state index is 8.34. The predicted octanol–water partition coefficient (Wildman–Crippen LogP) is -1.26. The van der Waals surface area contributed by atoms with Crippen LogP contribution in [0.3, 0.4) is 0 Å². The molecule has 5 heavy (non-hydrogen) atoms. The van der Waals surface area contributed by atoms with E-state index in [1.807, 2.05) is 0 Å². The summed E-state index contributed by atoms with van der Waals surface area (Å²) in [6.07, 6.45) is 0. The molecule has 0 aliphatic carbocycles. The summed E-state index contributed by atoms with van der Waals surface area (Å²) in [5.41, 5.74) is 0. The zero-order chi connectivity index (χ0) is 2.00. The van der Waals surface area contributed by atoms with Gasteiger partial charge in [0.25, 0.3) is 0 Å². The second-order valence-corrected chi connectivity index (χ2v) is 0. The van der Waals surface area contributed by atoms with Gasteiger partial charge < -0.3 is 0 Å². The van der Waals surface area contributed by atoms with Gasteiger partial charge in [0, 0.05) is 72.9 Å². The fourth-order valence-corrected chi connectivity index (χ4v) is 0. The molecule has 0 aromatic rings. The maximum absolute atomic E-state index is 8.34. The summed E-state index contributed by atoms with van der Waals surface area (Å²) < 4.78 is 8.34. The summed E-state index contributed by atoms with van der Waals surface area (Å²) in [4.78, 5) is 0. The molecule has 0 saturated carbocycles. The molecule has 0 aliphatic rings. The summed E-state index contributed by atoms with van der Waals surface area (Å²) in [6.45, 7) is 0. The molecule has 0 aromatic carbocycles. The summed E-state index contributed by atoms with van der Waals surface area (Å²) in [6, 6.07) is 0. The van der Waals surface area contributed by atoms with Gasteiger partial charge in [-0.3, -0.25) is 0 Å². The Hall–Kier alpha value is 3.03. The van der Waals surface area contributed by atoms with Crippen LogP contribution in [-0.4, -0.2) is 68.1 Å². The van der Waals surface area contributed by atoms with Gasteiger partial charge in [-0.2, -0.15) is 0 Å². The van der Waals surface area contributed by atoms with Crippen molar-refractivity contribution in [3.05, 3.63) is 0 Å². The summed E-state index contributed by atoms with van der Waals surface area (Å²) >= 11 is 0.300. The van der Waals surface area contributed by atoms with Crippen molar-refractivity contribution in [2.75, 3.05) is 0 Å². The zero-order valence-corrected chi connectivity index (χ0v) is 15.4. The molecule has 0 fully saturated rings. The zero-order valence-electron chi connectivity index (χ0n) is 2.77. The normalized spacial score (nSPS) is 0.800. The molecular weight excluding hydrogens is 432 g/mol. The molecule has 0 saturated heterocycles. The third-order valence-corrected chi connectivity index (χ3v) is 0. The van der Waals surface area contributed by atoms with Crippen LogP contribution in [-0.2, 0) is 30.4 Å². The molecule has 0 unspecified atom stereocenters. The van der Waals surface area contributed by atoms with Crippen molar-refractivity contribution in [2.45, 2.75) is 0 Å². The van der Waals surface area contributed by atoms with Crippen molar-refractivity contribution in [2.24, 2.45) is 0 Å². The van der Waals surface area contributed by atoms with Crippen LogP contribution in [0.1, 0.15) is 0 Å². The molecule has 0 atom stereocenters. The van der Waals surface area contributed by atoms with E-state index >= 15 is 0 Å². The molecule has 8 radical (unpaired) electrons. The molecule has 0 spiro atoms. The molecule has 0 aromatic heterocycles. The van der Waals surface area contributed by atoms with Crippen molar-refractivity contribution in [1.82, 2.24) is 0 Å². The van der Waals surface area contributed by atoms with Crippen LogP contribution in [0, 0.1) is 0 Å². The average Bonchev–Trinajstić information content (AvgIpc) is 1.00. The Labute approximate surface area is 96.5 Å². The van der Waals surface area contributed by atoms with E-state index in [2.05, 4.69) is 0 Å².